The second kappa shape index (κ2) is 4.70. The summed E-state index contributed by atoms with van der Waals surface area (Å²) in [4.78, 5) is 3.39. The van der Waals surface area contributed by atoms with E-state index in [1.807, 2.05) is 0 Å². The van der Waals surface area contributed by atoms with Crippen LogP contribution in [0.25, 0.3) is 0 Å². The molecular formula is C12H8F2NO. The molecule has 0 fully saturated rings. The van der Waals surface area contributed by atoms with Crippen molar-refractivity contribution in [1.82, 2.24) is 4.98 Å². The number of hydrogen-bond acceptors (Lipinski definition) is 2. The van der Waals surface area contributed by atoms with Crippen molar-refractivity contribution in [2.75, 3.05) is 0 Å². The van der Waals surface area contributed by atoms with Gasteiger partial charge < -0.3 is 4.74 Å². The fourth-order valence-corrected chi connectivity index (χ4v) is 1.17. The summed E-state index contributed by atoms with van der Waals surface area (Å²) in [6, 6.07) is 8.56. The minimum Gasteiger partial charge on any atom is -0.481 e. The van der Waals surface area contributed by atoms with E-state index < -0.39 is 5.95 Å². The maximum Gasteiger partial charge on any atom is 0.216 e. The van der Waals surface area contributed by atoms with Gasteiger partial charge in [-0.1, -0.05) is 12.1 Å². The molecule has 0 saturated carbocycles. The standard InChI is InChI=1S/C12H8F2NO/c13-10-3-1-2-9(6-10)8-16-11-4-5-15-12(14)7-11/h1-8H. The molecule has 2 aromatic rings. The summed E-state index contributed by atoms with van der Waals surface area (Å²) in [5, 5.41) is 0. The van der Waals surface area contributed by atoms with Gasteiger partial charge in [-0.25, -0.2) is 9.37 Å². The van der Waals surface area contributed by atoms with Gasteiger partial charge in [0.15, 0.2) is 6.61 Å². The fraction of sp³-hybridized carbons (Fsp3) is 0. The molecule has 16 heavy (non-hydrogen) atoms. The van der Waals surface area contributed by atoms with Gasteiger partial charge in [0.1, 0.15) is 11.6 Å². The van der Waals surface area contributed by atoms with Crippen molar-refractivity contribution >= 4 is 0 Å². The van der Waals surface area contributed by atoms with Crippen LogP contribution in [0.15, 0.2) is 42.6 Å². The van der Waals surface area contributed by atoms with Crippen LogP contribution in [0.3, 0.4) is 0 Å². The average molecular weight is 220 g/mol. The Labute approximate surface area is 91.5 Å². The third-order valence-electron chi connectivity index (χ3n) is 1.88. The first kappa shape index (κ1) is 10.5. The normalized spacial score (nSPS) is 10.1. The summed E-state index contributed by atoms with van der Waals surface area (Å²) >= 11 is 0. The Hall–Kier alpha value is -1.97. The molecule has 0 amide bonds. The SMILES string of the molecule is Fc1cccc([CH]Oc2ccnc(F)c2)c1. The minimum atomic E-state index is -0.620. The van der Waals surface area contributed by atoms with Gasteiger partial charge in [-0.2, -0.15) is 4.39 Å². The maximum absolute atomic E-state index is 12.8. The van der Waals surface area contributed by atoms with E-state index in [0.29, 0.717) is 11.3 Å². The molecule has 0 saturated heterocycles. The summed E-state index contributed by atoms with van der Waals surface area (Å²) in [6.45, 7) is 1.35. The molecule has 0 N–H and O–H groups in total. The van der Waals surface area contributed by atoms with Gasteiger partial charge >= 0.3 is 0 Å². The third-order valence-corrected chi connectivity index (χ3v) is 1.88. The first-order chi connectivity index (χ1) is 7.74. The number of ether oxygens (including phenoxy) is 1. The lowest BCUT2D eigenvalue weighted by Gasteiger charge is -2.04. The van der Waals surface area contributed by atoms with Gasteiger partial charge in [0, 0.05) is 12.3 Å². The van der Waals surface area contributed by atoms with Gasteiger partial charge in [0.2, 0.25) is 5.95 Å². The van der Waals surface area contributed by atoms with Gasteiger partial charge in [-0.05, 0) is 23.8 Å². The molecule has 0 spiro atoms. The van der Waals surface area contributed by atoms with Crippen molar-refractivity contribution in [3.05, 3.63) is 66.5 Å². The minimum absolute atomic E-state index is 0.316. The highest BCUT2D eigenvalue weighted by Gasteiger charge is 2.00. The number of benzene rings is 1. The van der Waals surface area contributed by atoms with E-state index >= 15 is 0 Å². The van der Waals surface area contributed by atoms with E-state index in [1.165, 1.54) is 31.0 Å². The quantitative estimate of drug-likeness (QED) is 0.742. The van der Waals surface area contributed by atoms with Crippen LogP contribution in [0, 0.1) is 18.4 Å². The predicted octanol–water partition coefficient (Wildman–Crippen LogP) is 2.95. The Bertz CT molecular complexity index is 442. The third kappa shape index (κ3) is 2.76. The lowest BCUT2D eigenvalue weighted by molar-refractivity contribution is 0.421. The van der Waals surface area contributed by atoms with Crippen LogP contribution in [0.5, 0.6) is 5.75 Å². The summed E-state index contributed by atoms with van der Waals surface area (Å²) in [6.07, 6.45) is 1.30. The average Bonchev–Trinajstić information content (AvgIpc) is 2.27. The van der Waals surface area contributed by atoms with Crippen LogP contribution in [0.1, 0.15) is 5.56 Å². The molecule has 0 aliphatic rings. The molecular weight excluding hydrogens is 212 g/mol. The Balaban J connectivity index is 2.02. The Kier molecular flexibility index (Phi) is 3.10. The van der Waals surface area contributed by atoms with Gasteiger partial charge in [-0.3, -0.25) is 0 Å². The number of aromatic nitrogens is 1. The molecule has 0 bridgehead atoms. The molecule has 1 radical (unpaired) electrons. The van der Waals surface area contributed by atoms with Crippen molar-refractivity contribution in [2.45, 2.75) is 0 Å². The van der Waals surface area contributed by atoms with E-state index in [0.717, 1.165) is 6.07 Å². The Morgan fingerprint density at radius 2 is 2.00 bits per heavy atom. The molecule has 2 nitrogen and oxygen atoms in total. The lowest BCUT2D eigenvalue weighted by Crippen LogP contribution is -1.94. The summed E-state index contributed by atoms with van der Waals surface area (Å²) in [7, 11) is 0. The second-order valence-electron chi connectivity index (χ2n) is 3.10. The van der Waals surface area contributed by atoms with E-state index in [2.05, 4.69) is 4.98 Å². The van der Waals surface area contributed by atoms with Crippen LogP contribution in [0.4, 0.5) is 8.78 Å². The van der Waals surface area contributed by atoms with Crippen LogP contribution >= 0.6 is 0 Å². The topological polar surface area (TPSA) is 22.1 Å². The highest BCUT2D eigenvalue weighted by atomic mass is 19.1. The van der Waals surface area contributed by atoms with Crippen molar-refractivity contribution in [1.29, 1.82) is 0 Å². The van der Waals surface area contributed by atoms with E-state index in [-0.39, 0.29) is 5.82 Å². The first-order valence-electron chi connectivity index (χ1n) is 4.61. The highest BCUT2D eigenvalue weighted by Crippen LogP contribution is 2.14. The van der Waals surface area contributed by atoms with Gasteiger partial charge in [-0.15, -0.1) is 0 Å². The first-order valence-corrected chi connectivity index (χ1v) is 4.61. The van der Waals surface area contributed by atoms with Crippen molar-refractivity contribution < 1.29 is 13.5 Å². The molecule has 1 aromatic carbocycles. The largest absolute Gasteiger partial charge is 0.481 e. The molecule has 0 aliphatic heterocycles. The lowest BCUT2D eigenvalue weighted by atomic mass is 10.2. The number of nitrogens with zero attached hydrogens (tertiary/aromatic N) is 1. The number of pyridine rings is 1. The smallest absolute Gasteiger partial charge is 0.216 e. The zero-order chi connectivity index (χ0) is 11.4. The fourth-order valence-electron chi connectivity index (χ4n) is 1.17. The maximum atomic E-state index is 12.8. The van der Waals surface area contributed by atoms with Crippen LogP contribution in [-0.4, -0.2) is 4.98 Å². The zero-order valence-electron chi connectivity index (χ0n) is 8.23. The van der Waals surface area contributed by atoms with Gasteiger partial charge in [0.05, 0.1) is 0 Å². The monoisotopic (exact) mass is 220 g/mol. The van der Waals surface area contributed by atoms with Crippen molar-refractivity contribution in [3.63, 3.8) is 0 Å². The number of rotatable bonds is 3. The molecule has 0 atom stereocenters. The zero-order valence-corrected chi connectivity index (χ0v) is 8.23. The van der Waals surface area contributed by atoms with E-state index in [4.69, 9.17) is 4.74 Å². The summed E-state index contributed by atoms with van der Waals surface area (Å²) in [5.74, 6) is -0.653. The van der Waals surface area contributed by atoms with E-state index in [9.17, 15) is 8.78 Å². The Morgan fingerprint density at radius 3 is 2.75 bits per heavy atom. The van der Waals surface area contributed by atoms with Gasteiger partial charge in [0.25, 0.3) is 0 Å². The second-order valence-corrected chi connectivity index (χ2v) is 3.10. The van der Waals surface area contributed by atoms with Crippen LogP contribution < -0.4 is 4.74 Å². The van der Waals surface area contributed by atoms with Crippen molar-refractivity contribution in [2.24, 2.45) is 0 Å². The van der Waals surface area contributed by atoms with Crippen molar-refractivity contribution in [3.8, 4) is 5.75 Å². The molecule has 0 aliphatic carbocycles. The molecule has 1 aromatic heterocycles. The molecule has 4 heteroatoms. The van der Waals surface area contributed by atoms with Crippen LogP contribution in [-0.2, 0) is 0 Å². The van der Waals surface area contributed by atoms with Crippen LogP contribution in [0.2, 0.25) is 0 Å². The molecule has 1 heterocycles. The summed E-state index contributed by atoms with van der Waals surface area (Å²) < 4.78 is 30.7. The molecule has 2 rings (SSSR count). The highest BCUT2D eigenvalue weighted by molar-refractivity contribution is 5.25. The molecule has 0 unspecified atom stereocenters. The Morgan fingerprint density at radius 1 is 1.12 bits per heavy atom. The summed E-state index contributed by atoms with van der Waals surface area (Å²) in [5.41, 5.74) is 0.567. The van der Waals surface area contributed by atoms with E-state index in [1.54, 1.807) is 12.1 Å². The number of halogens is 2. The molecule has 81 valence electrons. The number of hydrogen-bond donors (Lipinski definition) is 0. The predicted molar refractivity (Wildman–Crippen MR) is 54.6 cm³/mol.